The third-order valence-corrected chi connectivity index (χ3v) is 5.31. The van der Waals surface area contributed by atoms with Crippen molar-refractivity contribution in [1.82, 2.24) is 15.0 Å². The van der Waals surface area contributed by atoms with Crippen LogP contribution < -0.4 is 0 Å². The number of hydrogen-bond acceptors (Lipinski definition) is 6. The minimum Gasteiger partial charge on any atom is -0.469 e. The lowest BCUT2D eigenvalue weighted by Gasteiger charge is -2.13. The van der Waals surface area contributed by atoms with Crippen molar-refractivity contribution in [3.63, 3.8) is 0 Å². The van der Waals surface area contributed by atoms with Crippen LogP contribution in [0.15, 0.2) is 12.3 Å². The molecule has 5 nitrogen and oxygen atoms in total. The second-order valence-electron chi connectivity index (χ2n) is 7.43. The van der Waals surface area contributed by atoms with Crippen LogP contribution in [0, 0.1) is 0 Å². The molecule has 0 atom stereocenters. The van der Waals surface area contributed by atoms with Crippen molar-refractivity contribution in [3.8, 4) is 10.6 Å². The first-order valence-electron chi connectivity index (χ1n) is 8.62. The van der Waals surface area contributed by atoms with Crippen LogP contribution in [0.25, 0.3) is 10.6 Å². The Kier molecular flexibility index (Phi) is 6.27. The Morgan fingerprint density at radius 2 is 2.00 bits per heavy atom. The quantitative estimate of drug-likeness (QED) is 0.708. The van der Waals surface area contributed by atoms with Crippen LogP contribution in [0.4, 0.5) is 0 Å². The van der Waals surface area contributed by atoms with Crippen molar-refractivity contribution >= 4 is 17.3 Å². The number of carbonyl (C=O) groups excluding carboxylic acids is 1. The lowest BCUT2D eigenvalue weighted by molar-refractivity contribution is -0.140. The maximum absolute atomic E-state index is 11.2. The number of nitrogens with zero attached hydrogens (tertiary/aromatic N) is 3. The molecule has 0 bridgehead atoms. The second kappa shape index (κ2) is 8.04. The zero-order valence-electron chi connectivity index (χ0n) is 15.9. The molecule has 0 N–H and O–H groups in total. The average molecular weight is 362 g/mol. The normalized spacial score (nSPS) is 11.8. The first kappa shape index (κ1) is 19.5. The summed E-state index contributed by atoms with van der Waals surface area (Å²) in [6, 6.07) is 1.94. The first-order valence-corrected chi connectivity index (χ1v) is 9.44. The van der Waals surface area contributed by atoms with Gasteiger partial charge in [0.25, 0.3) is 0 Å². The zero-order valence-corrected chi connectivity index (χ0v) is 16.7. The number of aryl methyl sites for hydroxylation is 1. The second-order valence-corrected chi connectivity index (χ2v) is 8.42. The molecule has 0 aliphatic rings. The SMILES string of the molecule is COC(=O)CCCc1nccc(-c2sc(C(C)(C)C)nc2C(C)C)n1. The molecule has 2 heterocycles. The topological polar surface area (TPSA) is 65.0 Å². The molecule has 0 spiro atoms. The van der Waals surface area contributed by atoms with E-state index in [0.29, 0.717) is 25.2 Å². The summed E-state index contributed by atoms with van der Waals surface area (Å²) in [4.78, 5) is 26.3. The smallest absolute Gasteiger partial charge is 0.305 e. The van der Waals surface area contributed by atoms with Crippen LogP contribution in [0.2, 0.25) is 0 Å². The first-order chi connectivity index (χ1) is 11.7. The number of ether oxygens (including phenoxy) is 1. The predicted octanol–water partition coefficient (Wildman–Crippen LogP) is 4.52. The molecule has 0 saturated heterocycles. The number of carbonyl (C=O) groups is 1. The van der Waals surface area contributed by atoms with Gasteiger partial charge < -0.3 is 4.74 Å². The Morgan fingerprint density at radius 3 is 2.60 bits per heavy atom. The van der Waals surface area contributed by atoms with Gasteiger partial charge in [-0.05, 0) is 18.4 Å². The lowest BCUT2D eigenvalue weighted by atomic mass is 9.98. The van der Waals surface area contributed by atoms with Gasteiger partial charge in [-0.2, -0.15) is 0 Å². The summed E-state index contributed by atoms with van der Waals surface area (Å²) < 4.78 is 4.67. The van der Waals surface area contributed by atoms with Gasteiger partial charge in [0, 0.05) is 24.5 Å². The number of rotatable bonds is 6. The molecular formula is C19H27N3O2S. The number of methoxy groups -OCH3 is 1. The molecule has 6 heteroatoms. The van der Waals surface area contributed by atoms with Gasteiger partial charge >= 0.3 is 5.97 Å². The largest absolute Gasteiger partial charge is 0.469 e. The summed E-state index contributed by atoms with van der Waals surface area (Å²) in [5, 5.41) is 1.12. The summed E-state index contributed by atoms with van der Waals surface area (Å²) in [6.07, 6.45) is 3.51. The van der Waals surface area contributed by atoms with Gasteiger partial charge in [0.1, 0.15) is 5.82 Å². The van der Waals surface area contributed by atoms with Crippen LogP contribution in [0.5, 0.6) is 0 Å². The van der Waals surface area contributed by atoms with Gasteiger partial charge in [0.2, 0.25) is 0 Å². The Balaban J connectivity index is 2.28. The summed E-state index contributed by atoms with van der Waals surface area (Å²) >= 11 is 1.71. The van der Waals surface area contributed by atoms with Crippen LogP contribution in [-0.2, 0) is 21.4 Å². The van der Waals surface area contributed by atoms with Crippen molar-refractivity contribution in [2.24, 2.45) is 0 Å². The molecule has 0 aliphatic heterocycles. The van der Waals surface area contributed by atoms with Crippen LogP contribution >= 0.6 is 11.3 Å². The molecule has 0 amide bonds. The van der Waals surface area contributed by atoms with Crippen molar-refractivity contribution in [2.75, 3.05) is 7.11 Å². The Bertz CT molecular complexity index is 733. The highest BCUT2D eigenvalue weighted by atomic mass is 32.1. The highest BCUT2D eigenvalue weighted by molar-refractivity contribution is 7.15. The van der Waals surface area contributed by atoms with E-state index in [0.717, 1.165) is 27.1 Å². The molecule has 2 aromatic rings. The fraction of sp³-hybridized carbons (Fsp3) is 0.579. The summed E-state index contributed by atoms with van der Waals surface area (Å²) in [6.45, 7) is 10.8. The molecule has 2 rings (SSSR count). The predicted molar refractivity (Wildman–Crippen MR) is 101 cm³/mol. The van der Waals surface area contributed by atoms with Crippen LogP contribution in [0.3, 0.4) is 0 Å². The van der Waals surface area contributed by atoms with Crippen molar-refractivity contribution in [1.29, 1.82) is 0 Å². The maximum atomic E-state index is 11.2. The van der Waals surface area contributed by atoms with E-state index in [2.05, 4.69) is 44.3 Å². The van der Waals surface area contributed by atoms with Crippen molar-refractivity contribution < 1.29 is 9.53 Å². The third kappa shape index (κ3) is 5.08. The van der Waals surface area contributed by atoms with E-state index in [9.17, 15) is 4.79 Å². The van der Waals surface area contributed by atoms with E-state index in [1.165, 1.54) is 7.11 Å². The summed E-state index contributed by atoms with van der Waals surface area (Å²) in [7, 11) is 1.41. The highest BCUT2D eigenvalue weighted by Crippen LogP contribution is 2.38. The highest BCUT2D eigenvalue weighted by Gasteiger charge is 2.24. The van der Waals surface area contributed by atoms with E-state index in [1.807, 2.05) is 6.07 Å². The minimum absolute atomic E-state index is 0.0168. The molecule has 0 aliphatic carbocycles. The van der Waals surface area contributed by atoms with Crippen LogP contribution in [0.1, 0.15) is 69.9 Å². The van der Waals surface area contributed by atoms with Gasteiger partial charge in [-0.25, -0.2) is 15.0 Å². The van der Waals surface area contributed by atoms with E-state index in [4.69, 9.17) is 9.97 Å². The summed E-state index contributed by atoms with van der Waals surface area (Å²) in [5.41, 5.74) is 2.03. The molecular weight excluding hydrogens is 334 g/mol. The molecule has 136 valence electrons. The zero-order chi connectivity index (χ0) is 18.6. The number of esters is 1. The third-order valence-electron chi connectivity index (χ3n) is 3.79. The van der Waals surface area contributed by atoms with E-state index in [1.54, 1.807) is 17.5 Å². The van der Waals surface area contributed by atoms with Gasteiger partial charge in [0.15, 0.2) is 0 Å². The Hall–Kier alpha value is -1.82. The van der Waals surface area contributed by atoms with E-state index < -0.39 is 0 Å². The number of thiazole rings is 1. The molecule has 0 saturated carbocycles. The average Bonchev–Trinajstić information content (AvgIpc) is 3.01. The molecule has 0 radical (unpaired) electrons. The molecule has 0 unspecified atom stereocenters. The standard InChI is InChI=1S/C19H27N3O2S/c1-12(2)16-17(25-18(22-16)19(3,4)5)13-10-11-20-14(21-13)8-7-9-15(23)24-6/h10-12H,7-9H2,1-6H3. The van der Waals surface area contributed by atoms with Crippen molar-refractivity contribution in [2.45, 2.75) is 65.2 Å². The summed E-state index contributed by atoms with van der Waals surface area (Å²) in [5.74, 6) is 0.887. The van der Waals surface area contributed by atoms with Gasteiger partial charge in [-0.1, -0.05) is 34.6 Å². The fourth-order valence-electron chi connectivity index (χ4n) is 2.37. The van der Waals surface area contributed by atoms with E-state index in [-0.39, 0.29) is 11.4 Å². The van der Waals surface area contributed by atoms with Crippen molar-refractivity contribution in [3.05, 3.63) is 28.8 Å². The maximum Gasteiger partial charge on any atom is 0.305 e. The van der Waals surface area contributed by atoms with Gasteiger partial charge in [-0.15, -0.1) is 11.3 Å². The van der Waals surface area contributed by atoms with Gasteiger partial charge in [-0.3, -0.25) is 4.79 Å². The Labute approximate surface area is 153 Å². The molecule has 0 aromatic carbocycles. The molecule has 25 heavy (non-hydrogen) atoms. The van der Waals surface area contributed by atoms with E-state index >= 15 is 0 Å². The minimum atomic E-state index is -0.199. The number of hydrogen-bond donors (Lipinski definition) is 0. The Morgan fingerprint density at radius 1 is 1.28 bits per heavy atom. The monoisotopic (exact) mass is 361 g/mol. The molecule has 0 fully saturated rings. The lowest BCUT2D eigenvalue weighted by Crippen LogP contribution is -2.10. The fourth-order valence-corrected chi connectivity index (χ4v) is 3.61. The van der Waals surface area contributed by atoms with Gasteiger partial charge in [0.05, 0.1) is 28.4 Å². The van der Waals surface area contributed by atoms with Crippen LogP contribution in [-0.4, -0.2) is 28.0 Å². The molecule has 2 aromatic heterocycles. The number of aromatic nitrogens is 3.